The molecule has 1 amide bonds. The van der Waals surface area contributed by atoms with Gasteiger partial charge in [0.15, 0.2) is 0 Å². The Kier molecular flexibility index (Phi) is 3.80. The van der Waals surface area contributed by atoms with Gasteiger partial charge in [-0.15, -0.1) is 11.3 Å². The SMILES string of the molecule is Cc1cc(Cl)c(NC(=O)c2sccc2N)cc1Cl. The third-order valence-corrected chi connectivity index (χ3v) is 4.05. The Morgan fingerprint density at radius 2 is 2.06 bits per heavy atom. The van der Waals surface area contributed by atoms with E-state index in [-0.39, 0.29) is 5.91 Å². The summed E-state index contributed by atoms with van der Waals surface area (Å²) in [6, 6.07) is 5.02. The van der Waals surface area contributed by atoms with Crippen LogP contribution in [0.3, 0.4) is 0 Å². The van der Waals surface area contributed by atoms with Crippen molar-refractivity contribution in [2.75, 3.05) is 11.1 Å². The van der Waals surface area contributed by atoms with E-state index in [1.165, 1.54) is 11.3 Å². The molecule has 0 unspecified atom stereocenters. The lowest BCUT2D eigenvalue weighted by molar-refractivity contribution is 0.103. The van der Waals surface area contributed by atoms with Gasteiger partial charge in [-0.2, -0.15) is 0 Å². The number of anilines is 2. The number of benzene rings is 1. The number of halogens is 2. The first kappa shape index (κ1) is 13.2. The summed E-state index contributed by atoms with van der Waals surface area (Å²) < 4.78 is 0. The molecule has 0 saturated heterocycles. The van der Waals surface area contributed by atoms with Gasteiger partial charge < -0.3 is 11.1 Å². The van der Waals surface area contributed by atoms with E-state index in [9.17, 15) is 4.79 Å². The van der Waals surface area contributed by atoms with Crippen LogP contribution in [0.15, 0.2) is 23.6 Å². The number of hydrogen-bond donors (Lipinski definition) is 2. The predicted molar refractivity (Wildman–Crippen MR) is 77.9 cm³/mol. The molecule has 0 bridgehead atoms. The summed E-state index contributed by atoms with van der Waals surface area (Å²) in [6.45, 7) is 1.84. The Bertz CT molecular complexity index is 610. The van der Waals surface area contributed by atoms with Crippen molar-refractivity contribution in [1.82, 2.24) is 0 Å². The largest absolute Gasteiger partial charge is 0.397 e. The number of nitrogen functional groups attached to an aromatic ring is 1. The molecule has 0 aliphatic heterocycles. The molecule has 0 aliphatic rings. The van der Waals surface area contributed by atoms with Crippen LogP contribution in [0.25, 0.3) is 0 Å². The van der Waals surface area contributed by atoms with E-state index in [2.05, 4.69) is 5.32 Å². The number of rotatable bonds is 2. The van der Waals surface area contributed by atoms with E-state index in [1.54, 1.807) is 23.6 Å². The third-order valence-electron chi connectivity index (χ3n) is 2.40. The Labute approximate surface area is 119 Å². The van der Waals surface area contributed by atoms with Crippen LogP contribution in [-0.2, 0) is 0 Å². The molecule has 0 saturated carbocycles. The lowest BCUT2D eigenvalue weighted by atomic mass is 10.2. The third kappa shape index (κ3) is 2.61. The molecule has 2 aromatic rings. The van der Waals surface area contributed by atoms with Crippen LogP contribution < -0.4 is 11.1 Å². The van der Waals surface area contributed by atoms with E-state index >= 15 is 0 Å². The van der Waals surface area contributed by atoms with Crippen LogP contribution in [0, 0.1) is 6.92 Å². The summed E-state index contributed by atoms with van der Waals surface area (Å²) in [4.78, 5) is 12.4. The van der Waals surface area contributed by atoms with Crippen molar-refractivity contribution >= 4 is 51.8 Å². The van der Waals surface area contributed by atoms with Gasteiger partial charge in [0.1, 0.15) is 4.88 Å². The Hall–Kier alpha value is -1.23. The van der Waals surface area contributed by atoms with E-state index < -0.39 is 0 Å². The average Bonchev–Trinajstić information content (AvgIpc) is 2.72. The molecule has 0 spiro atoms. The molecular formula is C12H10Cl2N2OS. The van der Waals surface area contributed by atoms with Crippen molar-refractivity contribution in [3.63, 3.8) is 0 Å². The number of carbonyl (C=O) groups excluding carboxylic acids is 1. The van der Waals surface area contributed by atoms with Gasteiger partial charge >= 0.3 is 0 Å². The van der Waals surface area contributed by atoms with Crippen molar-refractivity contribution in [3.8, 4) is 0 Å². The summed E-state index contributed by atoms with van der Waals surface area (Å²) in [7, 11) is 0. The highest BCUT2D eigenvalue weighted by Crippen LogP contribution is 2.30. The Morgan fingerprint density at radius 1 is 1.33 bits per heavy atom. The number of thiophene rings is 1. The topological polar surface area (TPSA) is 55.1 Å². The number of amides is 1. The van der Waals surface area contributed by atoms with Gasteiger partial charge in [0.25, 0.3) is 5.91 Å². The van der Waals surface area contributed by atoms with Crippen LogP contribution in [-0.4, -0.2) is 5.91 Å². The minimum atomic E-state index is -0.288. The molecule has 6 heteroatoms. The Balaban J connectivity index is 2.28. The zero-order valence-electron chi connectivity index (χ0n) is 9.46. The molecule has 2 rings (SSSR count). The second-order valence-corrected chi connectivity index (χ2v) is 5.47. The second-order valence-electron chi connectivity index (χ2n) is 3.74. The van der Waals surface area contributed by atoms with Crippen molar-refractivity contribution in [2.45, 2.75) is 6.92 Å². The van der Waals surface area contributed by atoms with Gasteiger partial charge in [-0.05, 0) is 36.1 Å². The first-order valence-corrected chi connectivity index (χ1v) is 6.72. The van der Waals surface area contributed by atoms with E-state index in [0.29, 0.717) is 26.3 Å². The number of hydrogen-bond acceptors (Lipinski definition) is 3. The van der Waals surface area contributed by atoms with Crippen molar-refractivity contribution < 1.29 is 4.79 Å². The standard InChI is InChI=1S/C12H10Cl2N2OS/c1-6-4-8(14)10(5-7(6)13)16-12(17)11-9(15)2-3-18-11/h2-5H,15H2,1H3,(H,16,17). The zero-order valence-corrected chi connectivity index (χ0v) is 11.8. The van der Waals surface area contributed by atoms with Crippen LogP contribution in [0.1, 0.15) is 15.2 Å². The molecule has 0 fully saturated rings. The Morgan fingerprint density at radius 3 is 2.67 bits per heavy atom. The van der Waals surface area contributed by atoms with Gasteiger partial charge in [-0.25, -0.2) is 0 Å². The number of nitrogens with one attached hydrogen (secondary N) is 1. The fourth-order valence-corrected chi connectivity index (χ4v) is 2.57. The van der Waals surface area contributed by atoms with E-state index in [1.807, 2.05) is 6.92 Å². The average molecular weight is 301 g/mol. The van der Waals surface area contributed by atoms with Crippen LogP contribution in [0.2, 0.25) is 10.0 Å². The van der Waals surface area contributed by atoms with Gasteiger partial charge in [0.2, 0.25) is 0 Å². The quantitative estimate of drug-likeness (QED) is 0.873. The number of aryl methyl sites for hydroxylation is 1. The first-order valence-electron chi connectivity index (χ1n) is 5.09. The molecule has 0 radical (unpaired) electrons. The van der Waals surface area contributed by atoms with Gasteiger partial charge in [-0.3, -0.25) is 4.79 Å². The maximum Gasteiger partial charge on any atom is 0.267 e. The van der Waals surface area contributed by atoms with Crippen molar-refractivity contribution in [3.05, 3.63) is 44.1 Å². The van der Waals surface area contributed by atoms with Crippen LogP contribution >= 0.6 is 34.5 Å². The van der Waals surface area contributed by atoms with E-state index in [4.69, 9.17) is 28.9 Å². The summed E-state index contributed by atoms with van der Waals surface area (Å²) in [5.41, 5.74) is 7.46. The number of nitrogens with two attached hydrogens (primary N) is 1. The zero-order chi connectivity index (χ0) is 13.3. The van der Waals surface area contributed by atoms with Crippen molar-refractivity contribution in [1.29, 1.82) is 0 Å². The molecular weight excluding hydrogens is 291 g/mol. The normalized spacial score (nSPS) is 10.4. The van der Waals surface area contributed by atoms with Crippen LogP contribution in [0.4, 0.5) is 11.4 Å². The minimum Gasteiger partial charge on any atom is -0.397 e. The van der Waals surface area contributed by atoms with Gasteiger partial charge in [0, 0.05) is 5.02 Å². The molecule has 94 valence electrons. The molecule has 1 aromatic heterocycles. The summed E-state index contributed by atoms with van der Waals surface area (Å²) in [5.74, 6) is -0.288. The fourth-order valence-electron chi connectivity index (χ4n) is 1.42. The van der Waals surface area contributed by atoms with Gasteiger partial charge in [0.05, 0.1) is 16.4 Å². The van der Waals surface area contributed by atoms with E-state index in [0.717, 1.165) is 5.56 Å². The number of carbonyl (C=O) groups is 1. The highest BCUT2D eigenvalue weighted by molar-refractivity contribution is 7.12. The van der Waals surface area contributed by atoms with Gasteiger partial charge in [-0.1, -0.05) is 23.2 Å². The van der Waals surface area contributed by atoms with Crippen molar-refractivity contribution in [2.24, 2.45) is 0 Å². The smallest absolute Gasteiger partial charge is 0.267 e. The molecule has 18 heavy (non-hydrogen) atoms. The lowest BCUT2D eigenvalue weighted by Gasteiger charge is -2.08. The molecule has 0 atom stereocenters. The second kappa shape index (κ2) is 5.18. The monoisotopic (exact) mass is 300 g/mol. The highest BCUT2D eigenvalue weighted by atomic mass is 35.5. The maximum absolute atomic E-state index is 12.0. The molecule has 0 aliphatic carbocycles. The molecule has 3 N–H and O–H groups in total. The molecule has 1 aromatic carbocycles. The summed E-state index contributed by atoms with van der Waals surface area (Å²) >= 11 is 13.3. The summed E-state index contributed by atoms with van der Waals surface area (Å²) in [6.07, 6.45) is 0. The first-order chi connectivity index (χ1) is 8.49. The fraction of sp³-hybridized carbons (Fsp3) is 0.0833. The minimum absolute atomic E-state index is 0.288. The lowest BCUT2D eigenvalue weighted by Crippen LogP contribution is -2.12. The molecule has 1 heterocycles. The summed E-state index contributed by atoms with van der Waals surface area (Å²) in [5, 5.41) is 5.45. The highest BCUT2D eigenvalue weighted by Gasteiger charge is 2.13. The molecule has 3 nitrogen and oxygen atoms in total. The maximum atomic E-state index is 12.0. The predicted octanol–water partition coefficient (Wildman–Crippen LogP) is 4.20. The van der Waals surface area contributed by atoms with Crippen LogP contribution in [0.5, 0.6) is 0 Å².